The second-order valence-corrected chi connectivity index (χ2v) is 4.99. The maximum Gasteiger partial charge on any atom is 0.335 e. The number of anilines is 1. The zero-order chi connectivity index (χ0) is 16.1. The summed E-state index contributed by atoms with van der Waals surface area (Å²) in [7, 11) is 0. The minimum atomic E-state index is -0.615. The van der Waals surface area contributed by atoms with E-state index in [4.69, 9.17) is 21.1 Å². The van der Waals surface area contributed by atoms with Gasteiger partial charge in [0.25, 0.3) is 11.6 Å². The van der Waals surface area contributed by atoms with Gasteiger partial charge in [0.2, 0.25) is 0 Å². The van der Waals surface area contributed by atoms with Crippen LogP contribution in [0.3, 0.4) is 0 Å². The van der Waals surface area contributed by atoms with Crippen molar-refractivity contribution in [2.45, 2.75) is 18.9 Å². The van der Waals surface area contributed by atoms with Crippen LogP contribution in [-0.2, 0) is 19.1 Å². The summed E-state index contributed by atoms with van der Waals surface area (Å²) in [5, 5.41) is 13.0. The Labute approximate surface area is 130 Å². The van der Waals surface area contributed by atoms with Crippen LogP contribution in [0, 0.1) is 10.1 Å². The number of halogens is 1. The molecule has 0 aromatic heterocycles. The minimum Gasteiger partial charge on any atom is -0.454 e. The average molecular weight is 329 g/mol. The van der Waals surface area contributed by atoms with Crippen LogP contribution in [-0.4, -0.2) is 36.1 Å². The molecule has 8 nitrogen and oxygen atoms in total. The van der Waals surface area contributed by atoms with Crippen molar-refractivity contribution < 1.29 is 24.0 Å². The Morgan fingerprint density at radius 1 is 1.50 bits per heavy atom. The van der Waals surface area contributed by atoms with Crippen LogP contribution < -0.4 is 5.32 Å². The number of nitro groups is 1. The standard InChI is InChI=1S/C13H13ClN2O6/c14-9-6-8(16(19)20)3-4-10(9)15-12(17)7-22-13(18)11-2-1-5-21-11/h3-4,6,11H,1-2,5,7H2,(H,15,17)/t11-/m1/s1. The molecule has 1 aliphatic heterocycles. The van der Waals surface area contributed by atoms with Gasteiger partial charge in [-0.15, -0.1) is 0 Å². The topological polar surface area (TPSA) is 108 Å². The summed E-state index contributed by atoms with van der Waals surface area (Å²) in [6.07, 6.45) is 0.745. The molecular weight excluding hydrogens is 316 g/mol. The Kier molecular flexibility index (Phi) is 5.29. The molecule has 0 bridgehead atoms. The first-order chi connectivity index (χ1) is 10.5. The molecule has 2 rings (SSSR count). The van der Waals surface area contributed by atoms with Gasteiger partial charge in [-0.05, 0) is 18.9 Å². The van der Waals surface area contributed by atoms with Crippen molar-refractivity contribution in [1.82, 2.24) is 0 Å². The zero-order valence-electron chi connectivity index (χ0n) is 11.4. The SMILES string of the molecule is O=C(COC(=O)[C@H]1CCCO1)Nc1ccc([N+](=O)[O-])cc1Cl. The number of nitrogens with one attached hydrogen (secondary N) is 1. The van der Waals surface area contributed by atoms with E-state index in [-0.39, 0.29) is 16.4 Å². The van der Waals surface area contributed by atoms with Crippen LogP contribution in [0.25, 0.3) is 0 Å². The number of carbonyl (C=O) groups excluding carboxylic acids is 2. The number of benzene rings is 1. The molecule has 1 aromatic carbocycles. The van der Waals surface area contributed by atoms with E-state index >= 15 is 0 Å². The number of hydrogen-bond donors (Lipinski definition) is 1. The third-order valence-corrected chi connectivity index (χ3v) is 3.29. The molecule has 22 heavy (non-hydrogen) atoms. The number of ether oxygens (including phenoxy) is 2. The summed E-state index contributed by atoms with van der Waals surface area (Å²) < 4.78 is 9.96. The molecule has 9 heteroatoms. The highest BCUT2D eigenvalue weighted by molar-refractivity contribution is 6.34. The van der Waals surface area contributed by atoms with E-state index in [1.54, 1.807) is 0 Å². The van der Waals surface area contributed by atoms with E-state index in [9.17, 15) is 19.7 Å². The van der Waals surface area contributed by atoms with Crippen molar-refractivity contribution in [2.24, 2.45) is 0 Å². The Balaban J connectivity index is 1.86. The number of rotatable bonds is 5. The van der Waals surface area contributed by atoms with Crippen LogP contribution in [0.2, 0.25) is 5.02 Å². The van der Waals surface area contributed by atoms with Gasteiger partial charge in [0, 0.05) is 18.7 Å². The van der Waals surface area contributed by atoms with Crippen molar-refractivity contribution in [1.29, 1.82) is 0 Å². The van der Waals surface area contributed by atoms with Gasteiger partial charge in [0.15, 0.2) is 12.7 Å². The minimum absolute atomic E-state index is 0.0213. The smallest absolute Gasteiger partial charge is 0.335 e. The largest absolute Gasteiger partial charge is 0.454 e. The lowest BCUT2D eigenvalue weighted by Crippen LogP contribution is -2.27. The van der Waals surface area contributed by atoms with Crippen molar-refractivity contribution in [3.05, 3.63) is 33.3 Å². The fourth-order valence-electron chi connectivity index (χ4n) is 1.90. The van der Waals surface area contributed by atoms with Crippen LogP contribution in [0.1, 0.15) is 12.8 Å². The molecule has 0 aliphatic carbocycles. The molecule has 0 radical (unpaired) electrons. The van der Waals surface area contributed by atoms with Gasteiger partial charge >= 0.3 is 5.97 Å². The molecule has 1 aliphatic rings. The van der Waals surface area contributed by atoms with E-state index in [1.165, 1.54) is 12.1 Å². The van der Waals surface area contributed by atoms with Crippen LogP contribution in [0.15, 0.2) is 18.2 Å². The number of amides is 1. The molecule has 0 unspecified atom stereocenters. The molecule has 0 spiro atoms. The molecule has 1 aromatic rings. The maximum absolute atomic E-state index is 11.7. The highest BCUT2D eigenvalue weighted by Crippen LogP contribution is 2.26. The Bertz CT molecular complexity index is 600. The number of nitrogens with zero attached hydrogens (tertiary/aromatic N) is 1. The number of nitro benzene ring substituents is 1. The number of non-ortho nitro benzene ring substituents is 1. The summed E-state index contributed by atoms with van der Waals surface area (Å²) >= 11 is 5.84. The summed E-state index contributed by atoms with van der Waals surface area (Å²) in [4.78, 5) is 33.2. The molecule has 1 atom stereocenters. The van der Waals surface area contributed by atoms with E-state index in [2.05, 4.69) is 5.32 Å². The van der Waals surface area contributed by atoms with Gasteiger partial charge < -0.3 is 14.8 Å². The van der Waals surface area contributed by atoms with Crippen LogP contribution in [0.4, 0.5) is 11.4 Å². The Hall–Kier alpha value is -2.19. The molecule has 118 valence electrons. The average Bonchev–Trinajstić information content (AvgIpc) is 3.01. The Morgan fingerprint density at radius 2 is 2.27 bits per heavy atom. The molecule has 1 N–H and O–H groups in total. The van der Waals surface area contributed by atoms with Gasteiger partial charge in [-0.2, -0.15) is 0 Å². The first kappa shape index (κ1) is 16.2. The maximum atomic E-state index is 11.7. The van der Waals surface area contributed by atoms with Crippen molar-refractivity contribution in [2.75, 3.05) is 18.5 Å². The third kappa shape index (κ3) is 4.15. The van der Waals surface area contributed by atoms with Crippen LogP contribution in [0.5, 0.6) is 0 Å². The first-order valence-corrected chi connectivity index (χ1v) is 6.87. The fourth-order valence-corrected chi connectivity index (χ4v) is 2.12. The summed E-state index contributed by atoms with van der Waals surface area (Å²) in [6.45, 7) is 0.0242. The highest BCUT2D eigenvalue weighted by Gasteiger charge is 2.25. The van der Waals surface area contributed by atoms with Gasteiger partial charge in [-0.3, -0.25) is 14.9 Å². The molecule has 1 amide bonds. The first-order valence-electron chi connectivity index (χ1n) is 6.49. The molecule has 0 saturated carbocycles. The summed E-state index contributed by atoms with van der Waals surface area (Å²) in [5.41, 5.74) is 0.0123. The van der Waals surface area contributed by atoms with Crippen molar-refractivity contribution in [3.63, 3.8) is 0 Å². The Morgan fingerprint density at radius 3 is 2.86 bits per heavy atom. The lowest BCUT2D eigenvalue weighted by molar-refractivity contribution is -0.384. The van der Waals surface area contributed by atoms with Crippen molar-refractivity contribution >= 4 is 34.9 Å². The zero-order valence-corrected chi connectivity index (χ0v) is 12.2. The molecule has 1 heterocycles. The van der Waals surface area contributed by atoms with Gasteiger partial charge in [-0.25, -0.2) is 4.79 Å². The van der Waals surface area contributed by atoms with Gasteiger partial charge in [0.1, 0.15) is 0 Å². The third-order valence-electron chi connectivity index (χ3n) is 2.98. The van der Waals surface area contributed by atoms with E-state index in [0.29, 0.717) is 13.0 Å². The highest BCUT2D eigenvalue weighted by atomic mass is 35.5. The molecule has 1 fully saturated rings. The summed E-state index contributed by atoms with van der Waals surface area (Å²) in [5.74, 6) is -1.18. The number of carbonyl (C=O) groups is 2. The molecular formula is C13H13ClN2O6. The summed E-state index contributed by atoms with van der Waals surface area (Å²) in [6, 6.07) is 3.63. The number of esters is 1. The second-order valence-electron chi connectivity index (χ2n) is 4.58. The molecule has 1 saturated heterocycles. The van der Waals surface area contributed by atoms with Gasteiger partial charge in [0.05, 0.1) is 15.6 Å². The van der Waals surface area contributed by atoms with E-state index in [0.717, 1.165) is 12.5 Å². The number of hydrogen-bond acceptors (Lipinski definition) is 6. The predicted molar refractivity (Wildman–Crippen MR) is 76.7 cm³/mol. The van der Waals surface area contributed by atoms with E-state index < -0.39 is 29.5 Å². The fraction of sp³-hybridized carbons (Fsp3) is 0.385. The second kappa shape index (κ2) is 7.19. The van der Waals surface area contributed by atoms with Crippen LogP contribution >= 0.6 is 11.6 Å². The predicted octanol–water partition coefficient (Wildman–Crippen LogP) is 1.91. The van der Waals surface area contributed by atoms with Gasteiger partial charge in [-0.1, -0.05) is 11.6 Å². The monoisotopic (exact) mass is 328 g/mol. The normalized spacial score (nSPS) is 17.0. The lowest BCUT2D eigenvalue weighted by atomic mass is 10.2. The van der Waals surface area contributed by atoms with Crippen molar-refractivity contribution in [3.8, 4) is 0 Å². The van der Waals surface area contributed by atoms with E-state index in [1.807, 2.05) is 0 Å². The quantitative estimate of drug-likeness (QED) is 0.502. The lowest BCUT2D eigenvalue weighted by Gasteiger charge is -2.10.